The molecule has 0 radical (unpaired) electrons. The molecule has 7 heteroatoms. The molecule has 0 aliphatic carbocycles. The average molecular weight is 348 g/mol. The fourth-order valence-corrected chi connectivity index (χ4v) is 3.13. The highest BCUT2D eigenvalue weighted by molar-refractivity contribution is 9.10. The Morgan fingerprint density at radius 1 is 1.58 bits per heavy atom. The molecule has 0 bridgehead atoms. The molecule has 2 rings (SSSR count). The lowest BCUT2D eigenvalue weighted by Gasteiger charge is -2.14. The number of hydrogen-bond donors (Lipinski definition) is 2. The van der Waals surface area contributed by atoms with E-state index in [2.05, 4.69) is 21.2 Å². The van der Waals surface area contributed by atoms with Gasteiger partial charge in [0.25, 0.3) is 0 Å². The predicted molar refractivity (Wildman–Crippen MR) is 77.0 cm³/mol. The quantitative estimate of drug-likeness (QED) is 0.848. The maximum Gasteiger partial charge on any atom is 0.321 e. The van der Waals surface area contributed by atoms with Gasteiger partial charge in [0, 0.05) is 10.2 Å². The molecule has 2 unspecified atom stereocenters. The highest BCUT2D eigenvalue weighted by atomic mass is 79.9. The molecule has 1 fully saturated rings. The summed E-state index contributed by atoms with van der Waals surface area (Å²) in [7, 11) is 1.58. The monoisotopic (exact) mass is 347 g/mol. The van der Waals surface area contributed by atoms with Crippen LogP contribution in [0.3, 0.4) is 0 Å². The smallest absolute Gasteiger partial charge is 0.321 e. The van der Waals surface area contributed by atoms with Crippen molar-refractivity contribution in [2.45, 2.75) is 11.4 Å². The Morgan fingerprint density at radius 3 is 3.00 bits per heavy atom. The van der Waals surface area contributed by atoms with Crippen LogP contribution < -0.4 is 14.8 Å². The van der Waals surface area contributed by atoms with Crippen molar-refractivity contribution in [3.63, 3.8) is 0 Å². The van der Waals surface area contributed by atoms with Crippen molar-refractivity contribution in [3.05, 3.63) is 22.7 Å². The molecule has 0 aromatic heterocycles. The number of thioether (sulfide) groups is 1. The van der Waals surface area contributed by atoms with Gasteiger partial charge in [-0.3, -0.25) is 10.1 Å². The molecule has 1 aromatic rings. The molecular weight excluding hydrogens is 334 g/mol. The lowest BCUT2D eigenvalue weighted by Crippen LogP contribution is -2.38. The summed E-state index contributed by atoms with van der Waals surface area (Å²) in [5.74, 6) is 1.02. The summed E-state index contributed by atoms with van der Waals surface area (Å²) >= 11 is 4.91. The van der Waals surface area contributed by atoms with Gasteiger partial charge in [0.15, 0.2) is 11.5 Å². The van der Waals surface area contributed by atoms with Gasteiger partial charge < -0.3 is 14.6 Å². The summed E-state index contributed by atoms with van der Waals surface area (Å²) in [5, 5.41) is 11.9. The van der Waals surface area contributed by atoms with Gasteiger partial charge in [-0.2, -0.15) is 0 Å². The zero-order valence-electron chi connectivity index (χ0n) is 10.3. The van der Waals surface area contributed by atoms with Crippen LogP contribution in [-0.2, 0) is 4.79 Å². The summed E-state index contributed by atoms with van der Waals surface area (Å²) in [6.45, 7) is 0.395. The van der Waals surface area contributed by atoms with Crippen molar-refractivity contribution in [2.24, 2.45) is 0 Å². The second-order valence-corrected chi connectivity index (χ2v) is 6.14. The normalized spacial score (nSPS) is 22.2. The van der Waals surface area contributed by atoms with Crippen LogP contribution in [0, 0.1) is 0 Å². The van der Waals surface area contributed by atoms with E-state index in [1.807, 2.05) is 18.2 Å². The Bertz CT molecular complexity index is 471. The molecule has 19 heavy (non-hydrogen) atoms. The largest absolute Gasteiger partial charge is 0.493 e. The van der Waals surface area contributed by atoms with E-state index in [1.54, 1.807) is 18.9 Å². The van der Waals surface area contributed by atoms with Gasteiger partial charge in [0.05, 0.1) is 12.5 Å². The Hall–Kier alpha value is -0.920. The second kappa shape index (κ2) is 6.49. The van der Waals surface area contributed by atoms with Gasteiger partial charge in [-0.25, -0.2) is 0 Å². The fourth-order valence-electron chi connectivity index (χ4n) is 1.70. The first kappa shape index (κ1) is 14.5. The predicted octanol–water partition coefficient (Wildman–Crippen LogP) is 1.95. The third-order valence-electron chi connectivity index (χ3n) is 2.67. The second-order valence-electron chi connectivity index (χ2n) is 3.99. The van der Waals surface area contributed by atoms with Gasteiger partial charge >= 0.3 is 5.97 Å². The van der Waals surface area contributed by atoms with E-state index < -0.39 is 12.0 Å². The van der Waals surface area contributed by atoms with Crippen LogP contribution in [0.4, 0.5) is 0 Å². The van der Waals surface area contributed by atoms with E-state index in [0.29, 0.717) is 23.9 Å². The van der Waals surface area contributed by atoms with Crippen molar-refractivity contribution in [1.82, 2.24) is 5.32 Å². The van der Waals surface area contributed by atoms with E-state index in [4.69, 9.17) is 14.6 Å². The molecule has 1 aliphatic rings. The summed E-state index contributed by atoms with van der Waals surface area (Å²) in [5.41, 5.74) is 0. The first-order valence-electron chi connectivity index (χ1n) is 5.67. The van der Waals surface area contributed by atoms with Crippen LogP contribution in [0.5, 0.6) is 11.5 Å². The first-order valence-corrected chi connectivity index (χ1v) is 7.51. The number of methoxy groups -OCH3 is 1. The molecular formula is C12H14BrNO4S. The molecule has 1 saturated heterocycles. The first-order chi connectivity index (χ1) is 9.10. The standard InChI is InChI=1S/C12H14BrNO4S/c1-17-10-4-7(13)2-3-9(10)18-5-11-14-8(6-19-11)12(15)16/h2-4,8,11,14H,5-6H2,1H3,(H,15,16). The number of carbonyl (C=O) groups is 1. The molecule has 1 aliphatic heterocycles. The summed E-state index contributed by atoms with van der Waals surface area (Å²) in [4.78, 5) is 10.8. The van der Waals surface area contributed by atoms with E-state index >= 15 is 0 Å². The number of aliphatic carboxylic acids is 1. The fraction of sp³-hybridized carbons (Fsp3) is 0.417. The minimum absolute atomic E-state index is 0.0190. The van der Waals surface area contributed by atoms with Gasteiger partial charge in [0.2, 0.25) is 0 Å². The van der Waals surface area contributed by atoms with Gasteiger partial charge in [-0.1, -0.05) is 15.9 Å². The van der Waals surface area contributed by atoms with Crippen LogP contribution in [0.25, 0.3) is 0 Å². The summed E-state index contributed by atoms with van der Waals surface area (Å²) in [6.07, 6.45) is 0. The van der Waals surface area contributed by atoms with Gasteiger partial charge in [-0.05, 0) is 18.2 Å². The number of nitrogens with one attached hydrogen (secondary N) is 1. The third kappa shape index (κ3) is 3.77. The number of ether oxygens (including phenoxy) is 2. The van der Waals surface area contributed by atoms with Crippen molar-refractivity contribution >= 4 is 33.7 Å². The van der Waals surface area contributed by atoms with Crippen molar-refractivity contribution in [2.75, 3.05) is 19.5 Å². The van der Waals surface area contributed by atoms with Crippen molar-refractivity contribution < 1.29 is 19.4 Å². The average Bonchev–Trinajstić information content (AvgIpc) is 2.86. The Labute approximate surface area is 123 Å². The van der Waals surface area contributed by atoms with Crippen molar-refractivity contribution in [1.29, 1.82) is 0 Å². The van der Waals surface area contributed by atoms with E-state index in [1.165, 1.54) is 0 Å². The maximum atomic E-state index is 10.8. The molecule has 1 heterocycles. The zero-order chi connectivity index (χ0) is 13.8. The topological polar surface area (TPSA) is 67.8 Å². The minimum atomic E-state index is -0.823. The zero-order valence-corrected chi connectivity index (χ0v) is 12.7. The Morgan fingerprint density at radius 2 is 2.37 bits per heavy atom. The molecule has 0 spiro atoms. The Balaban J connectivity index is 1.91. The molecule has 5 nitrogen and oxygen atoms in total. The van der Waals surface area contributed by atoms with Crippen LogP contribution in [0.2, 0.25) is 0 Å². The van der Waals surface area contributed by atoms with Crippen molar-refractivity contribution in [3.8, 4) is 11.5 Å². The van der Waals surface area contributed by atoms with E-state index in [-0.39, 0.29) is 5.37 Å². The number of halogens is 1. The molecule has 2 atom stereocenters. The molecule has 104 valence electrons. The minimum Gasteiger partial charge on any atom is -0.493 e. The highest BCUT2D eigenvalue weighted by Gasteiger charge is 2.29. The maximum absolute atomic E-state index is 10.8. The van der Waals surface area contributed by atoms with Crippen LogP contribution in [0.1, 0.15) is 0 Å². The van der Waals surface area contributed by atoms with Gasteiger partial charge in [-0.15, -0.1) is 11.8 Å². The van der Waals surface area contributed by atoms with E-state index in [0.717, 1.165) is 4.47 Å². The number of hydrogen-bond acceptors (Lipinski definition) is 5. The molecule has 0 amide bonds. The molecule has 0 saturated carbocycles. The molecule has 1 aromatic carbocycles. The number of benzene rings is 1. The number of carboxylic acids is 1. The van der Waals surface area contributed by atoms with Crippen LogP contribution in [-0.4, -0.2) is 42.0 Å². The summed E-state index contributed by atoms with van der Waals surface area (Å²) in [6, 6.07) is 5.01. The highest BCUT2D eigenvalue weighted by Crippen LogP contribution is 2.31. The number of carboxylic acid groups (broad SMARTS) is 1. The summed E-state index contributed by atoms with van der Waals surface area (Å²) < 4.78 is 11.8. The van der Waals surface area contributed by atoms with Gasteiger partial charge in [0.1, 0.15) is 12.6 Å². The van der Waals surface area contributed by atoms with E-state index in [9.17, 15) is 4.79 Å². The number of rotatable bonds is 5. The lowest BCUT2D eigenvalue weighted by atomic mass is 10.3. The molecule has 2 N–H and O–H groups in total. The van der Waals surface area contributed by atoms with Crippen LogP contribution in [0.15, 0.2) is 22.7 Å². The van der Waals surface area contributed by atoms with Crippen LogP contribution >= 0.6 is 27.7 Å². The third-order valence-corrected chi connectivity index (χ3v) is 4.36. The Kier molecular flexibility index (Phi) is 4.95. The lowest BCUT2D eigenvalue weighted by molar-refractivity contribution is -0.138. The SMILES string of the molecule is COc1cc(Br)ccc1OCC1NC(C(=O)O)CS1.